The first-order valence-corrected chi connectivity index (χ1v) is 8.85. The largest absolute Gasteiger partial charge is 0.454 e. The number of nitrogens with one attached hydrogen (secondary N) is 1. The third-order valence-corrected chi connectivity index (χ3v) is 4.16. The molecule has 3 rings (SSSR count). The van der Waals surface area contributed by atoms with Crippen molar-refractivity contribution in [3.8, 4) is 11.5 Å². The normalized spacial score (nSPS) is 12.2. The molecular weight excluding hydrogens is 389 g/mol. The molecule has 2 aromatic carbocycles. The maximum Gasteiger partial charge on any atom is 0.331 e. The van der Waals surface area contributed by atoms with E-state index < -0.39 is 18.5 Å². The van der Waals surface area contributed by atoms with Crippen LogP contribution in [0.4, 0.5) is 4.39 Å². The summed E-state index contributed by atoms with van der Waals surface area (Å²) in [4.78, 5) is 23.5. The molecule has 2 aromatic rings. The summed E-state index contributed by atoms with van der Waals surface area (Å²) in [6, 6.07) is 9.62. The predicted molar refractivity (Wildman–Crippen MR) is 101 cm³/mol. The number of rotatable bonds is 7. The van der Waals surface area contributed by atoms with Gasteiger partial charge >= 0.3 is 5.97 Å². The van der Waals surface area contributed by atoms with Crippen molar-refractivity contribution in [1.82, 2.24) is 5.32 Å². The Morgan fingerprint density at radius 1 is 1.25 bits per heavy atom. The fraction of sp³-hybridized carbons (Fsp3) is 0.200. The molecule has 146 valence electrons. The molecule has 0 aliphatic carbocycles. The van der Waals surface area contributed by atoms with Crippen molar-refractivity contribution in [2.24, 2.45) is 0 Å². The zero-order valence-corrected chi connectivity index (χ0v) is 15.5. The van der Waals surface area contributed by atoms with Gasteiger partial charge in [-0.3, -0.25) is 4.79 Å². The Bertz CT molecular complexity index is 915. The number of carbonyl (C=O) groups excluding carboxylic acids is 2. The van der Waals surface area contributed by atoms with Crippen molar-refractivity contribution >= 4 is 29.6 Å². The highest BCUT2D eigenvalue weighted by atomic mass is 35.5. The van der Waals surface area contributed by atoms with E-state index in [9.17, 15) is 14.0 Å². The highest BCUT2D eigenvalue weighted by Gasteiger charge is 2.17. The van der Waals surface area contributed by atoms with Crippen LogP contribution >= 0.6 is 11.6 Å². The quantitative estimate of drug-likeness (QED) is 0.566. The van der Waals surface area contributed by atoms with Crippen LogP contribution in [0, 0.1) is 5.82 Å². The Balaban J connectivity index is 1.41. The zero-order valence-electron chi connectivity index (χ0n) is 14.7. The molecule has 1 aliphatic heterocycles. The first-order chi connectivity index (χ1) is 13.5. The number of carbonyl (C=O) groups is 2. The van der Waals surface area contributed by atoms with Gasteiger partial charge in [0.2, 0.25) is 6.79 Å². The Labute approximate surface area is 165 Å². The maximum absolute atomic E-state index is 13.5. The van der Waals surface area contributed by atoms with Gasteiger partial charge in [-0.05, 0) is 41.8 Å². The molecule has 0 saturated heterocycles. The minimum absolute atomic E-state index is 0.0935. The molecule has 6 nitrogen and oxygen atoms in total. The molecule has 1 N–H and O–H groups in total. The second kappa shape index (κ2) is 9.23. The van der Waals surface area contributed by atoms with Gasteiger partial charge in [0.05, 0.1) is 5.02 Å². The van der Waals surface area contributed by atoms with E-state index in [2.05, 4.69) is 5.32 Å². The average molecular weight is 406 g/mol. The van der Waals surface area contributed by atoms with Crippen LogP contribution in [0.25, 0.3) is 6.08 Å². The third-order valence-electron chi connectivity index (χ3n) is 3.88. The second-order valence-corrected chi connectivity index (χ2v) is 6.28. The molecule has 0 radical (unpaired) electrons. The summed E-state index contributed by atoms with van der Waals surface area (Å²) in [5.74, 6) is -0.512. The smallest absolute Gasteiger partial charge is 0.331 e. The van der Waals surface area contributed by atoms with Gasteiger partial charge in [-0.1, -0.05) is 29.8 Å². The Hall–Kier alpha value is -3.06. The van der Waals surface area contributed by atoms with E-state index >= 15 is 0 Å². The minimum Gasteiger partial charge on any atom is -0.454 e. The number of amides is 1. The maximum atomic E-state index is 13.5. The molecule has 0 bridgehead atoms. The monoisotopic (exact) mass is 405 g/mol. The van der Waals surface area contributed by atoms with E-state index in [0.29, 0.717) is 34.1 Å². The van der Waals surface area contributed by atoms with Gasteiger partial charge in [0, 0.05) is 12.6 Å². The zero-order chi connectivity index (χ0) is 19.9. The molecule has 0 fully saturated rings. The molecule has 0 unspecified atom stereocenters. The first-order valence-electron chi connectivity index (χ1n) is 8.47. The highest BCUT2D eigenvalue weighted by Crippen LogP contribution is 2.40. The average Bonchev–Trinajstić information content (AvgIpc) is 3.15. The Morgan fingerprint density at radius 2 is 2.07 bits per heavy atom. The second-order valence-electron chi connectivity index (χ2n) is 5.87. The van der Waals surface area contributed by atoms with Gasteiger partial charge < -0.3 is 19.5 Å². The van der Waals surface area contributed by atoms with E-state index in [0.717, 1.165) is 0 Å². The summed E-state index contributed by atoms with van der Waals surface area (Å²) in [5, 5.41) is 2.94. The van der Waals surface area contributed by atoms with Crippen LogP contribution in [0.15, 0.2) is 42.5 Å². The number of hydrogen-bond acceptors (Lipinski definition) is 5. The Kier molecular flexibility index (Phi) is 6.49. The van der Waals surface area contributed by atoms with Crippen molar-refractivity contribution in [3.63, 3.8) is 0 Å². The lowest BCUT2D eigenvalue weighted by Crippen LogP contribution is -2.30. The van der Waals surface area contributed by atoms with E-state index in [4.69, 9.17) is 25.8 Å². The van der Waals surface area contributed by atoms with E-state index in [1.54, 1.807) is 30.3 Å². The fourth-order valence-corrected chi connectivity index (χ4v) is 2.80. The molecule has 1 aliphatic rings. The number of hydrogen-bond donors (Lipinski definition) is 1. The molecule has 1 heterocycles. The van der Waals surface area contributed by atoms with Gasteiger partial charge in [-0.25, -0.2) is 9.18 Å². The van der Waals surface area contributed by atoms with Gasteiger partial charge in [0.15, 0.2) is 18.1 Å². The number of benzene rings is 2. The van der Waals surface area contributed by atoms with Crippen LogP contribution in [0.1, 0.15) is 11.1 Å². The molecule has 0 atom stereocenters. The molecule has 0 aromatic heterocycles. The SMILES string of the molecule is O=C(COC(=O)/C=C/c1cc(Cl)c2c(c1)OCO2)NCCc1ccccc1F. The van der Waals surface area contributed by atoms with E-state index in [1.165, 1.54) is 18.2 Å². The summed E-state index contributed by atoms with van der Waals surface area (Å²) in [6.07, 6.45) is 3.02. The van der Waals surface area contributed by atoms with Crippen LogP contribution in [0.5, 0.6) is 11.5 Å². The summed E-state index contributed by atoms with van der Waals surface area (Å²) < 4.78 is 28.8. The molecule has 0 spiro atoms. The number of ether oxygens (including phenoxy) is 3. The van der Waals surface area contributed by atoms with Crippen LogP contribution in [0.3, 0.4) is 0 Å². The van der Waals surface area contributed by atoms with Crippen molar-refractivity contribution < 1.29 is 28.2 Å². The topological polar surface area (TPSA) is 73.9 Å². The van der Waals surface area contributed by atoms with Crippen molar-refractivity contribution in [2.45, 2.75) is 6.42 Å². The predicted octanol–water partition coefficient (Wildman–Crippen LogP) is 3.12. The van der Waals surface area contributed by atoms with E-state index in [1.807, 2.05) is 0 Å². The Morgan fingerprint density at radius 3 is 2.89 bits per heavy atom. The standard InChI is InChI=1S/C20H17ClFNO5/c21-15-9-13(10-17-20(15)28-12-27-17)5-6-19(25)26-11-18(24)23-8-7-14-3-1-2-4-16(14)22/h1-6,9-10H,7-8,11-12H2,(H,23,24)/b6-5+. The number of halogens is 2. The van der Waals surface area contributed by atoms with Crippen LogP contribution in [0.2, 0.25) is 5.02 Å². The lowest BCUT2D eigenvalue weighted by Gasteiger charge is -2.06. The van der Waals surface area contributed by atoms with Gasteiger partial charge in [-0.2, -0.15) is 0 Å². The van der Waals surface area contributed by atoms with Gasteiger partial charge in [0.1, 0.15) is 5.82 Å². The lowest BCUT2D eigenvalue weighted by molar-refractivity contribution is -0.143. The summed E-state index contributed by atoms with van der Waals surface area (Å²) >= 11 is 6.06. The molecular formula is C20H17ClFNO5. The van der Waals surface area contributed by atoms with Gasteiger partial charge in [-0.15, -0.1) is 0 Å². The summed E-state index contributed by atoms with van der Waals surface area (Å²) in [5.41, 5.74) is 1.13. The lowest BCUT2D eigenvalue weighted by atomic mass is 10.1. The number of esters is 1. The van der Waals surface area contributed by atoms with E-state index in [-0.39, 0.29) is 19.2 Å². The van der Waals surface area contributed by atoms with Gasteiger partial charge in [0.25, 0.3) is 5.91 Å². The van der Waals surface area contributed by atoms with Crippen LogP contribution in [-0.4, -0.2) is 31.8 Å². The molecule has 8 heteroatoms. The van der Waals surface area contributed by atoms with Crippen molar-refractivity contribution in [3.05, 3.63) is 64.4 Å². The molecule has 1 amide bonds. The molecule has 0 saturated carbocycles. The van der Waals surface area contributed by atoms with Crippen molar-refractivity contribution in [1.29, 1.82) is 0 Å². The first kappa shape index (κ1) is 19.7. The van der Waals surface area contributed by atoms with Crippen LogP contribution < -0.4 is 14.8 Å². The van der Waals surface area contributed by atoms with Crippen molar-refractivity contribution in [2.75, 3.05) is 19.9 Å². The summed E-state index contributed by atoms with van der Waals surface area (Å²) in [7, 11) is 0. The van der Waals surface area contributed by atoms with Crippen LogP contribution in [-0.2, 0) is 20.7 Å². The third kappa shape index (κ3) is 5.23. The minimum atomic E-state index is -0.682. The molecule has 28 heavy (non-hydrogen) atoms. The fourth-order valence-electron chi connectivity index (χ4n) is 2.52. The summed E-state index contributed by atoms with van der Waals surface area (Å²) in [6.45, 7) is -0.0958. The number of fused-ring (bicyclic) bond motifs is 1. The highest BCUT2D eigenvalue weighted by molar-refractivity contribution is 6.32.